The second-order valence-electron chi connectivity index (χ2n) is 2.70. The van der Waals surface area contributed by atoms with Crippen LogP contribution < -0.4 is 0 Å². The van der Waals surface area contributed by atoms with Gasteiger partial charge in [-0.3, -0.25) is 0 Å². The SMILES string of the molecule is O=S1(=O)C=CCC=C1c1cccs1. The Balaban J connectivity index is 2.52. The fraction of sp³-hybridized carbons (Fsp3) is 0.111. The van der Waals surface area contributed by atoms with Gasteiger partial charge in [-0.25, -0.2) is 8.42 Å². The maximum atomic E-state index is 11.5. The van der Waals surface area contributed by atoms with Crippen LogP contribution in [0, 0.1) is 0 Å². The average molecular weight is 212 g/mol. The zero-order valence-electron chi connectivity index (χ0n) is 6.80. The fourth-order valence-corrected chi connectivity index (χ4v) is 3.55. The summed E-state index contributed by atoms with van der Waals surface area (Å²) < 4.78 is 23.1. The van der Waals surface area contributed by atoms with Gasteiger partial charge in [0.05, 0.1) is 4.91 Å². The first-order chi connectivity index (χ1) is 6.20. The molecule has 0 aliphatic carbocycles. The molecule has 1 aliphatic heterocycles. The molecule has 0 radical (unpaired) electrons. The Kier molecular flexibility index (Phi) is 2.09. The highest BCUT2D eigenvalue weighted by Crippen LogP contribution is 2.29. The number of hydrogen-bond donors (Lipinski definition) is 0. The molecule has 0 N–H and O–H groups in total. The Morgan fingerprint density at radius 1 is 1.38 bits per heavy atom. The first-order valence-electron chi connectivity index (χ1n) is 3.86. The van der Waals surface area contributed by atoms with E-state index in [4.69, 9.17) is 0 Å². The second kappa shape index (κ2) is 3.12. The maximum absolute atomic E-state index is 11.5. The van der Waals surface area contributed by atoms with Crippen molar-refractivity contribution in [1.29, 1.82) is 0 Å². The van der Waals surface area contributed by atoms with Crippen LogP contribution in [-0.4, -0.2) is 8.42 Å². The Bertz CT molecular complexity index is 450. The van der Waals surface area contributed by atoms with Gasteiger partial charge < -0.3 is 0 Å². The number of allylic oxidation sites excluding steroid dienone is 2. The molecule has 13 heavy (non-hydrogen) atoms. The fourth-order valence-electron chi connectivity index (χ4n) is 1.21. The topological polar surface area (TPSA) is 34.1 Å². The molecule has 2 heterocycles. The first kappa shape index (κ1) is 8.72. The minimum absolute atomic E-state index is 0.449. The molecule has 68 valence electrons. The van der Waals surface area contributed by atoms with Crippen molar-refractivity contribution in [1.82, 2.24) is 0 Å². The molecule has 0 aromatic carbocycles. The number of hydrogen-bond acceptors (Lipinski definition) is 3. The van der Waals surface area contributed by atoms with Gasteiger partial charge in [0.1, 0.15) is 0 Å². The molecule has 0 saturated heterocycles. The van der Waals surface area contributed by atoms with Gasteiger partial charge in [0.15, 0.2) is 0 Å². The zero-order valence-corrected chi connectivity index (χ0v) is 8.44. The lowest BCUT2D eigenvalue weighted by molar-refractivity contribution is 0.613. The molecule has 0 unspecified atom stereocenters. The summed E-state index contributed by atoms with van der Waals surface area (Å²) in [5.41, 5.74) is 0. The Labute approximate surface area is 81.1 Å². The lowest BCUT2D eigenvalue weighted by Crippen LogP contribution is -2.00. The summed E-state index contributed by atoms with van der Waals surface area (Å²) in [6.45, 7) is 0. The van der Waals surface area contributed by atoms with Crippen LogP contribution in [0.25, 0.3) is 4.91 Å². The normalized spacial score (nSPS) is 19.8. The van der Waals surface area contributed by atoms with E-state index < -0.39 is 9.84 Å². The van der Waals surface area contributed by atoms with Gasteiger partial charge >= 0.3 is 0 Å². The molecule has 2 rings (SSSR count). The molecule has 0 fully saturated rings. The van der Waals surface area contributed by atoms with Crippen molar-refractivity contribution in [2.75, 3.05) is 0 Å². The summed E-state index contributed by atoms with van der Waals surface area (Å²) in [6, 6.07) is 3.68. The highest BCUT2D eigenvalue weighted by Gasteiger charge is 2.18. The summed E-state index contributed by atoms with van der Waals surface area (Å²) in [6.07, 6.45) is 4.11. The van der Waals surface area contributed by atoms with Crippen molar-refractivity contribution in [3.8, 4) is 0 Å². The first-order valence-corrected chi connectivity index (χ1v) is 6.28. The minimum Gasteiger partial charge on any atom is -0.219 e. The van der Waals surface area contributed by atoms with Crippen LogP contribution >= 0.6 is 11.3 Å². The molecule has 0 saturated carbocycles. The number of rotatable bonds is 1. The Hall–Kier alpha value is -0.870. The standard InChI is InChI=1S/C9H8O2S2/c10-13(11)7-2-1-5-9(13)8-4-3-6-12-8/h2-7H,1H2. The highest BCUT2D eigenvalue weighted by molar-refractivity contribution is 8.03. The van der Waals surface area contributed by atoms with E-state index in [1.54, 1.807) is 12.2 Å². The Morgan fingerprint density at radius 3 is 2.85 bits per heavy atom. The third-order valence-corrected chi connectivity index (χ3v) is 4.37. The van der Waals surface area contributed by atoms with Crippen LogP contribution in [0.15, 0.2) is 35.1 Å². The molecule has 1 aromatic heterocycles. The van der Waals surface area contributed by atoms with E-state index in [2.05, 4.69) is 0 Å². The van der Waals surface area contributed by atoms with Crippen molar-refractivity contribution >= 4 is 26.1 Å². The van der Waals surface area contributed by atoms with E-state index in [-0.39, 0.29) is 0 Å². The highest BCUT2D eigenvalue weighted by atomic mass is 32.2. The van der Waals surface area contributed by atoms with E-state index in [1.165, 1.54) is 16.7 Å². The van der Waals surface area contributed by atoms with Gasteiger partial charge in [-0.15, -0.1) is 11.3 Å². The Morgan fingerprint density at radius 2 is 2.23 bits per heavy atom. The number of sulfone groups is 1. The van der Waals surface area contributed by atoms with Gasteiger partial charge in [0, 0.05) is 10.3 Å². The van der Waals surface area contributed by atoms with E-state index in [1.807, 2.05) is 17.5 Å². The predicted octanol–water partition coefficient (Wildman–Crippen LogP) is 2.42. The van der Waals surface area contributed by atoms with Crippen LogP contribution in [-0.2, 0) is 9.84 Å². The van der Waals surface area contributed by atoms with E-state index in [0.29, 0.717) is 11.3 Å². The molecule has 0 amide bonds. The van der Waals surface area contributed by atoms with E-state index in [9.17, 15) is 8.42 Å². The molecule has 0 spiro atoms. The van der Waals surface area contributed by atoms with Crippen LogP contribution in [0.2, 0.25) is 0 Å². The smallest absolute Gasteiger partial charge is 0.200 e. The van der Waals surface area contributed by atoms with E-state index >= 15 is 0 Å². The number of thiophene rings is 1. The summed E-state index contributed by atoms with van der Waals surface area (Å²) >= 11 is 1.45. The molecule has 0 atom stereocenters. The molecular weight excluding hydrogens is 204 g/mol. The minimum atomic E-state index is -3.16. The van der Waals surface area contributed by atoms with Crippen LogP contribution in [0.3, 0.4) is 0 Å². The summed E-state index contributed by atoms with van der Waals surface area (Å²) in [5.74, 6) is 0. The quantitative estimate of drug-likeness (QED) is 0.716. The van der Waals surface area contributed by atoms with Gasteiger partial charge in [0.25, 0.3) is 0 Å². The third-order valence-electron chi connectivity index (χ3n) is 1.79. The van der Waals surface area contributed by atoms with Gasteiger partial charge in [-0.1, -0.05) is 18.2 Å². The molecule has 2 nitrogen and oxygen atoms in total. The summed E-state index contributed by atoms with van der Waals surface area (Å²) in [4.78, 5) is 1.27. The van der Waals surface area contributed by atoms with Crippen LogP contribution in [0.4, 0.5) is 0 Å². The van der Waals surface area contributed by atoms with Crippen molar-refractivity contribution in [2.45, 2.75) is 6.42 Å². The molecule has 1 aliphatic rings. The molecule has 4 heteroatoms. The monoisotopic (exact) mass is 212 g/mol. The van der Waals surface area contributed by atoms with Gasteiger partial charge in [-0.05, 0) is 17.9 Å². The molecule has 0 bridgehead atoms. The van der Waals surface area contributed by atoms with Gasteiger partial charge in [0.2, 0.25) is 9.84 Å². The predicted molar refractivity (Wildman–Crippen MR) is 55.0 cm³/mol. The zero-order chi connectivity index (χ0) is 9.31. The van der Waals surface area contributed by atoms with Crippen LogP contribution in [0.1, 0.15) is 11.3 Å². The van der Waals surface area contributed by atoms with Crippen molar-refractivity contribution in [3.05, 3.63) is 40.0 Å². The maximum Gasteiger partial charge on any atom is 0.200 e. The average Bonchev–Trinajstić information content (AvgIpc) is 2.55. The second-order valence-corrected chi connectivity index (χ2v) is 5.45. The van der Waals surface area contributed by atoms with Gasteiger partial charge in [-0.2, -0.15) is 0 Å². The summed E-state index contributed by atoms with van der Waals surface area (Å²) in [7, 11) is -3.16. The van der Waals surface area contributed by atoms with Crippen molar-refractivity contribution in [3.63, 3.8) is 0 Å². The van der Waals surface area contributed by atoms with Crippen molar-refractivity contribution in [2.24, 2.45) is 0 Å². The largest absolute Gasteiger partial charge is 0.219 e. The summed E-state index contributed by atoms with van der Waals surface area (Å²) in [5, 5.41) is 3.16. The van der Waals surface area contributed by atoms with E-state index in [0.717, 1.165) is 4.88 Å². The lowest BCUT2D eigenvalue weighted by Gasteiger charge is -2.06. The third kappa shape index (κ3) is 1.59. The van der Waals surface area contributed by atoms with Crippen molar-refractivity contribution < 1.29 is 8.42 Å². The lowest BCUT2D eigenvalue weighted by atomic mass is 10.3. The molecular formula is C9H8O2S2. The molecule has 1 aromatic rings. The van der Waals surface area contributed by atoms with Crippen LogP contribution in [0.5, 0.6) is 0 Å².